The zero-order valence-electron chi connectivity index (χ0n) is 20.0. The van der Waals surface area contributed by atoms with Crippen LogP contribution in [0.4, 0.5) is 10.5 Å². The van der Waals surface area contributed by atoms with E-state index in [0.717, 1.165) is 14.5 Å². The number of alkyl carbamates (subject to hydrolysis) is 1. The number of nitrogens with one attached hydrogen (secondary N) is 2. The molecular weight excluding hydrogens is 576 g/mol. The molecule has 3 aromatic carbocycles. The van der Waals surface area contributed by atoms with Crippen LogP contribution in [0.5, 0.6) is 11.5 Å². The first-order valence-corrected chi connectivity index (χ1v) is 12.7. The second-order valence-corrected chi connectivity index (χ2v) is 10.9. The van der Waals surface area contributed by atoms with Crippen molar-refractivity contribution in [2.75, 3.05) is 5.32 Å². The van der Waals surface area contributed by atoms with Crippen molar-refractivity contribution in [3.05, 3.63) is 87.3 Å². The number of carbonyl (C=O) groups is 2. The van der Waals surface area contributed by atoms with Gasteiger partial charge in [-0.05, 0) is 74.9 Å². The molecule has 2 amide bonds. The molecule has 2 atom stereocenters. The number of ether oxygens (including phenoxy) is 2. The van der Waals surface area contributed by atoms with Crippen molar-refractivity contribution in [3.63, 3.8) is 0 Å². The van der Waals surface area contributed by atoms with Crippen LogP contribution in [0.25, 0.3) is 0 Å². The van der Waals surface area contributed by atoms with Crippen LogP contribution in [0.1, 0.15) is 39.2 Å². The number of rotatable bonds is 7. The average molecular weight is 604 g/mol. The van der Waals surface area contributed by atoms with Gasteiger partial charge in [-0.25, -0.2) is 4.79 Å². The lowest BCUT2D eigenvalue weighted by Crippen LogP contribution is -2.48. The molecule has 0 radical (unpaired) electrons. The van der Waals surface area contributed by atoms with E-state index in [-0.39, 0.29) is 11.8 Å². The molecule has 0 aromatic heterocycles. The third-order valence-corrected chi connectivity index (χ3v) is 6.00. The van der Waals surface area contributed by atoms with Crippen molar-refractivity contribution in [3.8, 4) is 11.5 Å². The van der Waals surface area contributed by atoms with E-state index < -0.39 is 17.7 Å². The maximum absolute atomic E-state index is 13.4. The van der Waals surface area contributed by atoms with Crippen LogP contribution in [-0.4, -0.2) is 23.6 Å². The first-order chi connectivity index (χ1) is 16.5. The molecule has 8 heteroatoms. The molecule has 3 rings (SSSR count). The van der Waals surface area contributed by atoms with Gasteiger partial charge in [-0.1, -0.05) is 57.0 Å². The first kappa shape index (κ1) is 26.8. The van der Waals surface area contributed by atoms with Crippen molar-refractivity contribution in [2.45, 2.75) is 45.3 Å². The van der Waals surface area contributed by atoms with Gasteiger partial charge in [0.2, 0.25) is 5.91 Å². The van der Waals surface area contributed by atoms with Crippen molar-refractivity contribution in [1.82, 2.24) is 5.32 Å². The first-order valence-electron chi connectivity index (χ1n) is 11.1. The third-order valence-electron chi connectivity index (χ3n) is 4.98. The normalized spacial score (nSPS) is 12.9. The minimum Gasteiger partial charge on any atom is -0.457 e. The molecular formula is C27H28Br2N2O4. The summed E-state index contributed by atoms with van der Waals surface area (Å²) in [6.45, 7) is 7.21. The Hall–Kier alpha value is -2.84. The van der Waals surface area contributed by atoms with Crippen molar-refractivity contribution in [2.24, 2.45) is 0 Å². The van der Waals surface area contributed by atoms with Gasteiger partial charge in [0.25, 0.3) is 0 Å². The van der Waals surface area contributed by atoms with Gasteiger partial charge in [-0.2, -0.15) is 0 Å². The monoisotopic (exact) mass is 602 g/mol. The van der Waals surface area contributed by atoms with Gasteiger partial charge in [-0.3, -0.25) is 4.79 Å². The minimum absolute atomic E-state index is 0.331. The highest BCUT2D eigenvalue weighted by Crippen LogP contribution is 2.27. The van der Waals surface area contributed by atoms with Crippen LogP contribution in [-0.2, 0) is 9.53 Å². The van der Waals surface area contributed by atoms with Gasteiger partial charge < -0.3 is 20.1 Å². The van der Waals surface area contributed by atoms with Crippen molar-refractivity contribution in [1.29, 1.82) is 0 Å². The number of halogens is 2. The molecule has 0 fully saturated rings. The second kappa shape index (κ2) is 11.7. The molecule has 35 heavy (non-hydrogen) atoms. The largest absolute Gasteiger partial charge is 0.457 e. The molecule has 0 saturated carbocycles. The summed E-state index contributed by atoms with van der Waals surface area (Å²) < 4.78 is 13.1. The van der Waals surface area contributed by atoms with Crippen LogP contribution in [0.3, 0.4) is 0 Å². The minimum atomic E-state index is -0.879. The Bertz CT molecular complexity index is 1180. The van der Waals surface area contributed by atoms with Gasteiger partial charge in [0.05, 0.1) is 0 Å². The van der Waals surface area contributed by atoms with E-state index in [4.69, 9.17) is 9.47 Å². The zero-order valence-corrected chi connectivity index (χ0v) is 23.1. The Morgan fingerprint density at radius 1 is 0.857 bits per heavy atom. The van der Waals surface area contributed by atoms with E-state index in [2.05, 4.69) is 42.5 Å². The van der Waals surface area contributed by atoms with Gasteiger partial charge in [-0.15, -0.1) is 0 Å². The summed E-state index contributed by atoms with van der Waals surface area (Å²) in [5, 5.41) is 5.65. The molecule has 0 spiro atoms. The molecule has 0 heterocycles. The number of amides is 2. The summed E-state index contributed by atoms with van der Waals surface area (Å²) in [7, 11) is 0. The van der Waals surface area contributed by atoms with E-state index in [0.29, 0.717) is 17.2 Å². The lowest BCUT2D eigenvalue weighted by molar-refractivity contribution is -0.118. The smallest absolute Gasteiger partial charge is 0.408 e. The lowest BCUT2D eigenvalue weighted by Gasteiger charge is -2.27. The molecule has 3 aromatic rings. The maximum atomic E-state index is 13.4. The van der Waals surface area contributed by atoms with Crippen LogP contribution >= 0.6 is 31.9 Å². The molecule has 2 N–H and O–H groups in total. The molecule has 0 aliphatic carbocycles. The van der Waals surface area contributed by atoms with Gasteiger partial charge >= 0.3 is 6.09 Å². The van der Waals surface area contributed by atoms with Gasteiger partial charge in [0.1, 0.15) is 23.1 Å². The Kier molecular flexibility index (Phi) is 8.97. The molecule has 184 valence electrons. The summed E-state index contributed by atoms with van der Waals surface area (Å²) in [4.78, 5) is 25.9. The molecule has 0 aliphatic heterocycles. The summed E-state index contributed by atoms with van der Waals surface area (Å²) in [5.41, 5.74) is 0.743. The topological polar surface area (TPSA) is 76.7 Å². The van der Waals surface area contributed by atoms with E-state index in [1.807, 2.05) is 55.5 Å². The fourth-order valence-corrected chi connectivity index (χ4v) is 4.01. The molecule has 0 bridgehead atoms. The SMILES string of the molecule is CC(c1cccc(Br)c1)C(NC(=O)OC(C)(C)C)C(=O)Nc1cccc(Oc2ccc(Br)cc2)c1. The molecule has 2 unspecified atom stereocenters. The fourth-order valence-electron chi connectivity index (χ4n) is 3.33. The molecule has 0 saturated heterocycles. The summed E-state index contributed by atoms with van der Waals surface area (Å²) >= 11 is 6.87. The highest BCUT2D eigenvalue weighted by Gasteiger charge is 2.30. The summed E-state index contributed by atoms with van der Waals surface area (Å²) in [6, 6.07) is 21.3. The summed E-state index contributed by atoms with van der Waals surface area (Å²) in [6.07, 6.45) is -0.660. The maximum Gasteiger partial charge on any atom is 0.408 e. The number of anilines is 1. The van der Waals surface area contributed by atoms with Crippen LogP contribution < -0.4 is 15.4 Å². The van der Waals surface area contributed by atoms with E-state index >= 15 is 0 Å². The Morgan fingerprint density at radius 3 is 2.20 bits per heavy atom. The number of hydrogen-bond acceptors (Lipinski definition) is 4. The Balaban J connectivity index is 1.80. The van der Waals surface area contributed by atoms with Gasteiger partial charge in [0, 0.05) is 26.6 Å². The zero-order chi connectivity index (χ0) is 25.6. The molecule has 6 nitrogen and oxygen atoms in total. The van der Waals surface area contributed by atoms with Crippen LogP contribution in [0.15, 0.2) is 81.7 Å². The highest BCUT2D eigenvalue weighted by molar-refractivity contribution is 9.10. The van der Waals surface area contributed by atoms with Crippen LogP contribution in [0.2, 0.25) is 0 Å². The Morgan fingerprint density at radius 2 is 1.54 bits per heavy atom. The second-order valence-electron chi connectivity index (χ2n) is 9.04. The average Bonchev–Trinajstić information content (AvgIpc) is 2.77. The number of benzene rings is 3. The number of carbonyl (C=O) groups excluding carboxylic acids is 2. The van der Waals surface area contributed by atoms with Crippen molar-refractivity contribution >= 4 is 49.5 Å². The van der Waals surface area contributed by atoms with E-state index in [9.17, 15) is 9.59 Å². The summed E-state index contributed by atoms with van der Waals surface area (Å²) in [5.74, 6) is 0.539. The number of hydrogen-bond donors (Lipinski definition) is 2. The predicted molar refractivity (Wildman–Crippen MR) is 145 cm³/mol. The standard InChI is InChI=1S/C27H28Br2N2O4/c1-17(18-7-5-8-20(29)15-18)24(31-26(33)35-27(2,3)4)25(32)30-21-9-6-10-23(16-21)34-22-13-11-19(28)12-14-22/h5-17,24H,1-4H3,(H,30,32)(H,31,33). The highest BCUT2D eigenvalue weighted by atomic mass is 79.9. The van der Waals surface area contributed by atoms with E-state index in [1.165, 1.54) is 0 Å². The quantitative estimate of drug-likeness (QED) is 0.291. The fraction of sp³-hybridized carbons (Fsp3) is 0.259. The lowest BCUT2D eigenvalue weighted by atomic mass is 9.92. The Labute approximate surface area is 222 Å². The third kappa shape index (κ3) is 8.40. The van der Waals surface area contributed by atoms with Gasteiger partial charge in [0.15, 0.2) is 0 Å². The van der Waals surface area contributed by atoms with Crippen molar-refractivity contribution < 1.29 is 19.1 Å². The molecule has 0 aliphatic rings. The van der Waals surface area contributed by atoms with E-state index in [1.54, 1.807) is 45.0 Å². The van der Waals surface area contributed by atoms with Crippen LogP contribution in [0, 0.1) is 0 Å². The predicted octanol–water partition coefficient (Wildman–Crippen LogP) is 7.64.